The van der Waals surface area contributed by atoms with Crippen LogP contribution in [0.5, 0.6) is 5.75 Å². The average Bonchev–Trinajstić information content (AvgIpc) is 2.76. The van der Waals surface area contributed by atoms with E-state index < -0.39 is 6.04 Å². The lowest BCUT2D eigenvalue weighted by atomic mass is 10.1. The second kappa shape index (κ2) is 11.2. The first-order valence-electron chi connectivity index (χ1n) is 10.2. The van der Waals surface area contributed by atoms with Crippen molar-refractivity contribution in [3.05, 3.63) is 65.7 Å². The maximum atomic E-state index is 13.1. The van der Waals surface area contributed by atoms with Gasteiger partial charge in [-0.1, -0.05) is 49.4 Å². The number of rotatable bonds is 10. The van der Waals surface area contributed by atoms with E-state index in [0.717, 1.165) is 23.3 Å². The van der Waals surface area contributed by atoms with Crippen molar-refractivity contribution in [1.29, 1.82) is 0 Å². The highest BCUT2D eigenvalue weighted by Gasteiger charge is 2.26. The Labute approximate surface area is 174 Å². The number of hydrogen-bond acceptors (Lipinski definition) is 3. The van der Waals surface area contributed by atoms with Gasteiger partial charge in [0.25, 0.3) is 0 Å². The van der Waals surface area contributed by atoms with Crippen molar-refractivity contribution in [3.8, 4) is 5.75 Å². The molecule has 0 aliphatic carbocycles. The van der Waals surface area contributed by atoms with Gasteiger partial charge in [0.2, 0.25) is 11.8 Å². The smallest absolute Gasteiger partial charge is 0.242 e. The highest BCUT2D eigenvalue weighted by atomic mass is 16.5. The molecule has 5 nitrogen and oxygen atoms in total. The molecule has 0 aromatic heterocycles. The molecule has 156 valence electrons. The third kappa shape index (κ3) is 6.93. The van der Waals surface area contributed by atoms with Crippen molar-refractivity contribution in [2.24, 2.45) is 0 Å². The summed E-state index contributed by atoms with van der Waals surface area (Å²) in [6, 6.07) is 17.0. The predicted octanol–water partition coefficient (Wildman–Crippen LogP) is 3.96. The fourth-order valence-electron chi connectivity index (χ4n) is 3.02. The summed E-state index contributed by atoms with van der Waals surface area (Å²) >= 11 is 0. The molecule has 0 spiro atoms. The van der Waals surface area contributed by atoms with Crippen LogP contribution in [0.4, 0.5) is 0 Å². The second-order valence-electron chi connectivity index (χ2n) is 7.35. The molecule has 2 amide bonds. The fraction of sp³-hybridized carbons (Fsp3) is 0.417. The number of nitrogens with one attached hydrogen (secondary N) is 1. The molecule has 1 N–H and O–H groups in total. The highest BCUT2D eigenvalue weighted by Crippen LogP contribution is 2.16. The Bertz CT molecular complexity index is 774. The van der Waals surface area contributed by atoms with Crippen LogP contribution in [-0.4, -0.2) is 35.9 Å². The first-order valence-corrected chi connectivity index (χ1v) is 10.2. The number of aryl methyl sites for hydroxylation is 1. The molecule has 0 bridgehead atoms. The Morgan fingerprint density at radius 1 is 1.00 bits per heavy atom. The van der Waals surface area contributed by atoms with Gasteiger partial charge in [-0.15, -0.1) is 0 Å². The minimum atomic E-state index is -0.547. The quantitative estimate of drug-likeness (QED) is 0.661. The van der Waals surface area contributed by atoms with Gasteiger partial charge in [-0.05, 0) is 49.9 Å². The molecule has 0 saturated heterocycles. The normalized spacial score (nSPS) is 12.7. The summed E-state index contributed by atoms with van der Waals surface area (Å²) in [5, 5.41) is 2.99. The van der Waals surface area contributed by atoms with Gasteiger partial charge in [0.1, 0.15) is 11.8 Å². The summed E-state index contributed by atoms with van der Waals surface area (Å²) in [5.74, 6) is 0.607. The molecule has 29 heavy (non-hydrogen) atoms. The fourth-order valence-corrected chi connectivity index (χ4v) is 3.02. The molecule has 2 rings (SSSR count). The van der Waals surface area contributed by atoms with Gasteiger partial charge >= 0.3 is 0 Å². The molecule has 0 fully saturated rings. The Morgan fingerprint density at radius 3 is 2.24 bits per heavy atom. The Morgan fingerprint density at radius 2 is 1.66 bits per heavy atom. The number of methoxy groups -OCH3 is 1. The van der Waals surface area contributed by atoms with Gasteiger partial charge in [0.05, 0.1) is 7.11 Å². The second-order valence-corrected chi connectivity index (χ2v) is 7.35. The van der Waals surface area contributed by atoms with Crippen molar-refractivity contribution >= 4 is 11.8 Å². The van der Waals surface area contributed by atoms with Crippen LogP contribution in [0.15, 0.2) is 54.6 Å². The minimum absolute atomic E-state index is 0.0310. The lowest BCUT2D eigenvalue weighted by molar-refractivity contribution is -0.140. The van der Waals surface area contributed by atoms with E-state index in [2.05, 4.69) is 5.32 Å². The van der Waals surface area contributed by atoms with Crippen LogP contribution in [0.3, 0.4) is 0 Å². The minimum Gasteiger partial charge on any atom is -0.497 e. The third-order valence-corrected chi connectivity index (χ3v) is 5.15. The highest BCUT2D eigenvalue weighted by molar-refractivity contribution is 5.87. The van der Waals surface area contributed by atoms with E-state index in [9.17, 15) is 9.59 Å². The van der Waals surface area contributed by atoms with E-state index in [-0.39, 0.29) is 17.9 Å². The van der Waals surface area contributed by atoms with E-state index in [1.807, 2.05) is 68.4 Å². The van der Waals surface area contributed by atoms with Crippen molar-refractivity contribution in [2.45, 2.75) is 58.7 Å². The molecule has 0 radical (unpaired) electrons. The van der Waals surface area contributed by atoms with Gasteiger partial charge in [-0.3, -0.25) is 9.59 Å². The maximum absolute atomic E-state index is 13.1. The van der Waals surface area contributed by atoms with Crippen molar-refractivity contribution in [2.75, 3.05) is 7.11 Å². The van der Waals surface area contributed by atoms with Crippen LogP contribution < -0.4 is 10.1 Å². The zero-order valence-corrected chi connectivity index (χ0v) is 17.9. The monoisotopic (exact) mass is 396 g/mol. The van der Waals surface area contributed by atoms with E-state index in [1.54, 1.807) is 18.9 Å². The van der Waals surface area contributed by atoms with Crippen LogP contribution in [0, 0.1) is 0 Å². The number of hydrogen-bond donors (Lipinski definition) is 1. The summed E-state index contributed by atoms with van der Waals surface area (Å²) in [4.78, 5) is 27.4. The Kier molecular flexibility index (Phi) is 8.71. The molecule has 2 aromatic rings. The molecule has 0 heterocycles. The summed E-state index contributed by atoms with van der Waals surface area (Å²) < 4.78 is 5.21. The molecule has 0 saturated carbocycles. The molecular formula is C24H32N2O3. The van der Waals surface area contributed by atoms with Gasteiger partial charge in [0.15, 0.2) is 0 Å². The Hall–Kier alpha value is -2.82. The predicted molar refractivity (Wildman–Crippen MR) is 116 cm³/mol. The average molecular weight is 397 g/mol. The van der Waals surface area contributed by atoms with E-state index >= 15 is 0 Å². The first kappa shape index (κ1) is 22.5. The number of amides is 2. The van der Waals surface area contributed by atoms with E-state index in [4.69, 9.17) is 4.74 Å². The molecule has 2 atom stereocenters. The van der Waals surface area contributed by atoms with Gasteiger partial charge in [-0.2, -0.15) is 0 Å². The van der Waals surface area contributed by atoms with Crippen LogP contribution in [0.1, 0.15) is 44.7 Å². The number of ether oxygens (including phenoxy) is 1. The summed E-state index contributed by atoms with van der Waals surface area (Å²) in [7, 11) is 1.62. The standard InChI is InChI=1S/C24H32N2O3/c1-5-18(2)25-24(28)19(3)26(17-21-11-14-22(29-4)15-12-21)23(27)16-13-20-9-7-6-8-10-20/h6-12,14-15,18-19H,5,13,16-17H2,1-4H3,(H,25,28)/t18-,19+/m0/s1. The topological polar surface area (TPSA) is 58.6 Å². The van der Waals surface area contributed by atoms with Gasteiger partial charge < -0.3 is 15.0 Å². The molecule has 5 heteroatoms. The third-order valence-electron chi connectivity index (χ3n) is 5.15. The number of carbonyl (C=O) groups is 2. The number of benzene rings is 2. The summed E-state index contributed by atoms with van der Waals surface area (Å²) in [6.07, 6.45) is 1.86. The molecular weight excluding hydrogens is 364 g/mol. The molecule has 0 aliphatic rings. The molecule has 0 unspecified atom stereocenters. The Balaban J connectivity index is 2.13. The van der Waals surface area contributed by atoms with Crippen LogP contribution >= 0.6 is 0 Å². The lowest BCUT2D eigenvalue weighted by Gasteiger charge is -2.30. The first-order chi connectivity index (χ1) is 13.9. The summed E-state index contributed by atoms with van der Waals surface area (Å²) in [5.41, 5.74) is 2.07. The SMILES string of the molecule is CC[C@H](C)NC(=O)[C@@H](C)N(Cc1ccc(OC)cc1)C(=O)CCc1ccccc1. The largest absolute Gasteiger partial charge is 0.497 e. The summed E-state index contributed by atoms with van der Waals surface area (Å²) in [6.45, 7) is 6.17. The van der Waals surface area contributed by atoms with E-state index in [1.165, 1.54) is 0 Å². The lowest BCUT2D eigenvalue weighted by Crippen LogP contribution is -2.49. The molecule has 0 aliphatic heterocycles. The zero-order chi connectivity index (χ0) is 21.2. The number of carbonyl (C=O) groups excluding carboxylic acids is 2. The maximum Gasteiger partial charge on any atom is 0.242 e. The van der Waals surface area contributed by atoms with Crippen molar-refractivity contribution < 1.29 is 14.3 Å². The van der Waals surface area contributed by atoms with Gasteiger partial charge in [-0.25, -0.2) is 0 Å². The van der Waals surface area contributed by atoms with Gasteiger partial charge in [0, 0.05) is 19.0 Å². The molecule has 2 aromatic carbocycles. The number of nitrogens with zero attached hydrogens (tertiary/aromatic N) is 1. The van der Waals surface area contributed by atoms with Crippen molar-refractivity contribution in [3.63, 3.8) is 0 Å². The van der Waals surface area contributed by atoms with Crippen molar-refractivity contribution in [1.82, 2.24) is 10.2 Å². The van der Waals surface area contributed by atoms with E-state index in [0.29, 0.717) is 19.4 Å². The van der Waals surface area contributed by atoms with Crippen LogP contribution in [0.25, 0.3) is 0 Å². The van der Waals surface area contributed by atoms with Crippen LogP contribution in [0.2, 0.25) is 0 Å². The van der Waals surface area contributed by atoms with Crippen LogP contribution in [-0.2, 0) is 22.6 Å². The zero-order valence-electron chi connectivity index (χ0n) is 17.9.